The van der Waals surface area contributed by atoms with Crippen molar-refractivity contribution >= 4 is 11.8 Å². The van der Waals surface area contributed by atoms with Crippen LogP contribution >= 0.6 is 11.8 Å². The van der Waals surface area contributed by atoms with Gasteiger partial charge in [0.15, 0.2) is 0 Å². The van der Waals surface area contributed by atoms with Crippen LogP contribution in [0, 0.1) is 17.8 Å². The Hall–Kier alpha value is 0.310. The molecule has 0 aliphatic heterocycles. The van der Waals surface area contributed by atoms with E-state index in [1.54, 1.807) is 0 Å². The zero-order valence-electron chi connectivity index (χ0n) is 12.5. The molecular formula is C15H31NS. The Labute approximate surface area is 113 Å². The summed E-state index contributed by atoms with van der Waals surface area (Å²) in [6.07, 6.45) is 4.26. The molecule has 17 heavy (non-hydrogen) atoms. The summed E-state index contributed by atoms with van der Waals surface area (Å²) in [5, 5.41) is 3.56. The average Bonchev–Trinajstić information content (AvgIpc) is 2.15. The van der Waals surface area contributed by atoms with Gasteiger partial charge in [-0.1, -0.05) is 34.6 Å². The SMILES string of the molecule is CNC(CSC(C)(C)C)C1CC(C)CC(C)C1. The van der Waals surface area contributed by atoms with Crippen LogP contribution in [-0.4, -0.2) is 23.6 Å². The van der Waals surface area contributed by atoms with E-state index in [1.807, 2.05) is 0 Å². The second-order valence-electron chi connectivity index (χ2n) is 7.00. The Bertz CT molecular complexity index is 211. The van der Waals surface area contributed by atoms with Crippen molar-refractivity contribution in [2.45, 2.75) is 64.7 Å². The average molecular weight is 257 g/mol. The fraction of sp³-hybridized carbons (Fsp3) is 1.00. The lowest BCUT2D eigenvalue weighted by atomic mass is 9.74. The minimum Gasteiger partial charge on any atom is -0.316 e. The van der Waals surface area contributed by atoms with Crippen LogP contribution in [0.1, 0.15) is 53.9 Å². The third-order valence-corrected chi connectivity index (χ3v) is 5.24. The van der Waals surface area contributed by atoms with Gasteiger partial charge in [0.25, 0.3) is 0 Å². The van der Waals surface area contributed by atoms with Gasteiger partial charge in [-0.05, 0) is 44.1 Å². The zero-order chi connectivity index (χ0) is 13.1. The van der Waals surface area contributed by atoms with Crippen molar-refractivity contribution in [2.75, 3.05) is 12.8 Å². The smallest absolute Gasteiger partial charge is 0.0183 e. The van der Waals surface area contributed by atoms with Gasteiger partial charge in [-0.15, -0.1) is 0 Å². The van der Waals surface area contributed by atoms with Gasteiger partial charge in [0.05, 0.1) is 0 Å². The highest BCUT2D eigenvalue weighted by Gasteiger charge is 2.29. The monoisotopic (exact) mass is 257 g/mol. The molecule has 1 aliphatic carbocycles. The van der Waals surface area contributed by atoms with E-state index in [0.29, 0.717) is 10.8 Å². The first-order valence-corrected chi connectivity index (χ1v) is 8.11. The maximum absolute atomic E-state index is 3.56. The lowest BCUT2D eigenvalue weighted by molar-refractivity contribution is 0.188. The third-order valence-electron chi connectivity index (χ3n) is 3.85. The number of hydrogen-bond donors (Lipinski definition) is 1. The van der Waals surface area contributed by atoms with E-state index < -0.39 is 0 Å². The molecule has 3 atom stereocenters. The van der Waals surface area contributed by atoms with E-state index in [9.17, 15) is 0 Å². The van der Waals surface area contributed by atoms with Crippen LogP contribution in [0.3, 0.4) is 0 Å². The molecule has 0 aromatic carbocycles. The molecule has 1 saturated carbocycles. The first-order valence-electron chi connectivity index (χ1n) is 7.13. The van der Waals surface area contributed by atoms with Crippen molar-refractivity contribution in [3.63, 3.8) is 0 Å². The Kier molecular flexibility index (Phi) is 5.85. The highest BCUT2D eigenvalue weighted by molar-refractivity contribution is 8.00. The molecule has 0 radical (unpaired) electrons. The summed E-state index contributed by atoms with van der Waals surface area (Å²) in [6, 6.07) is 0.699. The van der Waals surface area contributed by atoms with Crippen molar-refractivity contribution in [1.29, 1.82) is 0 Å². The highest BCUT2D eigenvalue weighted by Crippen LogP contribution is 2.36. The van der Waals surface area contributed by atoms with E-state index in [0.717, 1.165) is 17.8 Å². The molecule has 1 nitrogen and oxygen atoms in total. The molecule has 0 saturated heterocycles. The Balaban J connectivity index is 2.48. The number of rotatable bonds is 4. The van der Waals surface area contributed by atoms with E-state index >= 15 is 0 Å². The predicted octanol–water partition coefficient (Wildman–Crippen LogP) is 4.18. The highest BCUT2D eigenvalue weighted by atomic mass is 32.2. The molecular weight excluding hydrogens is 226 g/mol. The fourth-order valence-corrected chi connectivity index (χ4v) is 4.25. The molecule has 0 bridgehead atoms. The molecule has 1 fully saturated rings. The van der Waals surface area contributed by atoms with Crippen LogP contribution < -0.4 is 5.32 Å². The Morgan fingerprint density at radius 2 is 1.65 bits per heavy atom. The summed E-state index contributed by atoms with van der Waals surface area (Å²) >= 11 is 2.10. The predicted molar refractivity (Wildman–Crippen MR) is 80.7 cm³/mol. The number of nitrogens with one attached hydrogen (secondary N) is 1. The van der Waals surface area contributed by atoms with Gasteiger partial charge in [0, 0.05) is 16.5 Å². The minimum atomic E-state index is 0.390. The van der Waals surface area contributed by atoms with Gasteiger partial charge in [0.2, 0.25) is 0 Å². The van der Waals surface area contributed by atoms with Crippen molar-refractivity contribution in [3.05, 3.63) is 0 Å². The summed E-state index contributed by atoms with van der Waals surface area (Å²) in [6.45, 7) is 11.8. The second kappa shape index (κ2) is 6.47. The van der Waals surface area contributed by atoms with E-state index in [-0.39, 0.29) is 0 Å². The molecule has 0 aromatic heterocycles. The summed E-state index contributed by atoms with van der Waals surface area (Å²) in [7, 11) is 2.14. The van der Waals surface area contributed by atoms with E-state index in [2.05, 4.69) is 58.7 Å². The van der Waals surface area contributed by atoms with Crippen LogP contribution in [0.4, 0.5) is 0 Å². The molecule has 1 rings (SSSR count). The van der Waals surface area contributed by atoms with Crippen LogP contribution in [0.2, 0.25) is 0 Å². The maximum Gasteiger partial charge on any atom is 0.0183 e. The molecule has 102 valence electrons. The van der Waals surface area contributed by atoms with Gasteiger partial charge < -0.3 is 5.32 Å². The summed E-state index contributed by atoms with van der Waals surface area (Å²) in [5.41, 5.74) is 0. The second-order valence-corrected chi connectivity index (χ2v) is 8.84. The maximum atomic E-state index is 3.56. The van der Waals surface area contributed by atoms with Crippen molar-refractivity contribution in [2.24, 2.45) is 17.8 Å². The molecule has 0 heterocycles. The van der Waals surface area contributed by atoms with E-state index in [4.69, 9.17) is 0 Å². The first kappa shape index (κ1) is 15.4. The lowest BCUT2D eigenvalue weighted by Crippen LogP contribution is -2.40. The molecule has 0 aromatic rings. The number of thioether (sulfide) groups is 1. The number of hydrogen-bond acceptors (Lipinski definition) is 2. The van der Waals surface area contributed by atoms with Crippen LogP contribution in [0.15, 0.2) is 0 Å². The largest absolute Gasteiger partial charge is 0.316 e. The molecule has 0 amide bonds. The molecule has 0 spiro atoms. The standard InChI is InChI=1S/C15H31NS/c1-11-7-12(2)9-13(8-11)14(16-6)10-17-15(3,4)5/h11-14,16H,7-10H2,1-6H3. The van der Waals surface area contributed by atoms with Gasteiger partial charge in [0.1, 0.15) is 0 Å². The van der Waals surface area contributed by atoms with Crippen LogP contribution in [0.25, 0.3) is 0 Å². The van der Waals surface area contributed by atoms with Crippen molar-refractivity contribution in [3.8, 4) is 0 Å². The summed E-state index contributed by atoms with van der Waals surface area (Å²) in [5.74, 6) is 3.97. The van der Waals surface area contributed by atoms with Gasteiger partial charge in [-0.3, -0.25) is 0 Å². The van der Waals surface area contributed by atoms with Crippen molar-refractivity contribution < 1.29 is 0 Å². The molecule has 1 aliphatic rings. The van der Waals surface area contributed by atoms with Crippen LogP contribution in [0.5, 0.6) is 0 Å². The van der Waals surface area contributed by atoms with Gasteiger partial charge in [-0.25, -0.2) is 0 Å². The molecule has 2 heteroatoms. The van der Waals surface area contributed by atoms with Crippen LogP contribution in [-0.2, 0) is 0 Å². The third kappa shape index (κ3) is 5.65. The topological polar surface area (TPSA) is 12.0 Å². The Morgan fingerprint density at radius 1 is 1.12 bits per heavy atom. The van der Waals surface area contributed by atoms with Gasteiger partial charge >= 0.3 is 0 Å². The quantitative estimate of drug-likeness (QED) is 0.811. The fourth-order valence-electron chi connectivity index (χ4n) is 3.13. The zero-order valence-corrected chi connectivity index (χ0v) is 13.4. The Morgan fingerprint density at radius 3 is 2.06 bits per heavy atom. The first-order chi connectivity index (χ1) is 7.81. The summed E-state index contributed by atoms with van der Waals surface area (Å²) < 4.78 is 0.390. The van der Waals surface area contributed by atoms with Gasteiger partial charge in [-0.2, -0.15) is 11.8 Å². The molecule has 1 N–H and O–H groups in total. The minimum absolute atomic E-state index is 0.390. The molecule has 3 unspecified atom stereocenters. The normalized spacial score (nSPS) is 32.5. The van der Waals surface area contributed by atoms with Crippen molar-refractivity contribution in [1.82, 2.24) is 5.32 Å². The summed E-state index contributed by atoms with van der Waals surface area (Å²) in [4.78, 5) is 0. The lowest BCUT2D eigenvalue weighted by Gasteiger charge is -2.37. The van der Waals surface area contributed by atoms with E-state index in [1.165, 1.54) is 25.0 Å².